The van der Waals surface area contributed by atoms with E-state index in [9.17, 15) is 9.18 Å². The molecule has 2 aromatic heterocycles. The quantitative estimate of drug-likeness (QED) is 0.402. The first kappa shape index (κ1) is 21.3. The van der Waals surface area contributed by atoms with Crippen molar-refractivity contribution in [1.29, 1.82) is 0 Å². The highest BCUT2D eigenvalue weighted by Crippen LogP contribution is 2.29. The Labute approximate surface area is 193 Å². The number of benzene rings is 2. The van der Waals surface area contributed by atoms with Crippen LogP contribution in [-0.2, 0) is 4.79 Å². The zero-order valence-corrected chi connectivity index (χ0v) is 18.2. The molecule has 0 amide bonds. The topological polar surface area (TPSA) is 101 Å². The Morgan fingerprint density at radius 2 is 1.91 bits per heavy atom. The maximum absolute atomic E-state index is 14.9. The zero-order valence-electron chi connectivity index (χ0n) is 17.5. The predicted molar refractivity (Wildman–Crippen MR) is 122 cm³/mol. The fraction of sp³-hybridized carbons (Fsp3) is 0.250. The van der Waals surface area contributed by atoms with Crippen molar-refractivity contribution in [2.75, 3.05) is 0 Å². The number of fused-ring (bicyclic) bond motifs is 1. The van der Waals surface area contributed by atoms with Gasteiger partial charge >= 0.3 is 5.97 Å². The van der Waals surface area contributed by atoms with Gasteiger partial charge in [0.2, 0.25) is 5.88 Å². The molecule has 2 heterocycles. The second kappa shape index (κ2) is 8.78. The molecule has 5 rings (SSSR count). The minimum Gasteiger partial charge on any atom is -0.481 e. The monoisotopic (exact) mass is 466 g/mol. The van der Waals surface area contributed by atoms with Gasteiger partial charge in [0, 0.05) is 10.6 Å². The number of carbonyl (C=O) groups is 1. The van der Waals surface area contributed by atoms with Crippen LogP contribution in [0.5, 0.6) is 5.88 Å². The van der Waals surface area contributed by atoms with Crippen molar-refractivity contribution in [2.24, 2.45) is 5.92 Å². The number of nitrogens with one attached hydrogen (secondary N) is 1. The van der Waals surface area contributed by atoms with Crippen LogP contribution in [0.2, 0.25) is 5.02 Å². The molecule has 168 valence electrons. The van der Waals surface area contributed by atoms with Gasteiger partial charge in [-0.2, -0.15) is 0 Å². The molecular formula is C24H20ClFN4O3. The van der Waals surface area contributed by atoms with Crippen molar-refractivity contribution < 1.29 is 19.0 Å². The number of H-pyrrole nitrogens is 1. The number of hydrogen-bond donors (Lipinski definition) is 2. The molecule has 0 atom stereocenters. The van der Waals surface area contributed by atoms with Crippen LogP contribution >= 0.6 is 11.6 Å². The molecule has 4 aromatic rings. The van der Waals surface area contributed by atoms with Gasteiger partial charge in [-0.25, -0.2) is 19.3 Å². The van der Waals surface area contributed by atoms with Gasteiger partial charge in [0.15, 0.2) is 0 Å². The van der Waals surface area contributed by atoms with Crippen molar-refractivity contribution in [3.8, 4) is 28.5 Å². The summed E-state index contributed by atoms with van der Waals surface area (Å²) in [5, 5.41) is 9.67. The Morgan fingerprint density at radius 3 is 2.61 bits per heavy atom. The van der Waals surface area contributed by atoms with Crippen molar-refractivity contribution in [3.05, 3.63) is 59.6 Å². The third-order valence-electron chi connectivity index (χ3n) is 5.90. The van der Waals surface area contributed by atoms with Gasteiger partial charge in [-0.3, -0.25) is 4.79 Å². The lowest BCUT2D eigenvalue weighted by atomic mass is 9.87. The number of imidazole rings is 1. The molecule has 1 aliphatic rings. The third-order valence-corrected chi connectivity index (χ3v) is 6.14. The Kier molecular flexibility index (Phi) is 5.68. The second-order valence-electron chi connectivity index (χ2n) is 8.11. The van der Waals surface area contributed by atoms with Crippen LogP contribution in [0.3, 0.4) is 0 Å². The number of carboxylic acid groups (broad SMARTS) is 1. The van der Waals surface area contributed by atoms with E-state index in [-0.39, 0.29) is 12.0 Å². The molecular weight excluding hydrogens is 447 g/mol. The highest BCUT2D eigenvalue weighted by atomic mass is 35.5. The summed E-state index contributed by atoms with van der Waals surface area (Å²) >= 11 is 6.01. The molecule has 7 nitrogen and oxygen atoms in total. The number of carboxylic acids is 1. The number of halogens is 2. The molecule has 0 aliphatic heterocycles. The molecule has 2 N–H and O–H groups in total. The summed E-state index contributed by atoms with van der Waals surface area (Å²) in [7, 11) is 0. The number of aromatic amines is 1. The molecule has 2 aromatic carbocycles. The van der Waals surface area contributed by atoms with Crippen LogP contribution in [0.25, 0.3) is 33.7 Å². The lowest BCUT2D eigenvalue weighted by Crippen LogP contribution is -2.28. The van der Waals surface area contributed by atoms with Crippen LogP contribution in [0, 0.1) is 11.7 Å². The highest BCUT2D eigenvalue weighted by Gasteiger charge is 2.27. The molecule has 1 aliphatic carbocycles. The number of ether oxygens (including phenoxy) is 1. The smallest absolute Gasteiger partial charge is 0.306 e. The van der Waals surface area contributed by atoms with E-state index in [1.54, 1.807) is 30.3 Å². The Bertz CT molecular complexity index is 1320. The fourth-order valence-corrected chi connectivity index (χ4v) is 4.27. The number of aromatic nitrogens is 4. The minimum absolute atomic E-state index is 0.0730. The Morgan fingerprint density at radius 1 is 1.09 bits per heavy atom. The number of nitrogens with zero attached hydrogens (tertiary/aromatic N) is 3. The summed E-state index contributed by atoms with van der Waals surface area (Å²) in [6.07, 6.45) is 5.49. The first-order valence-corrected chi connectivity index (χ1v) is 11.0. The van der Waals surface area contributed by atoms with E-state index >= 15 is 0 Å². The number of hydrogen-bond acceptors (Lipinski definition) is 5. The average molecular weight is 467 g/mol. The van der Waals surface area contributed by atoms with Gasteiger partial charge in [-0.1, -0.05) is 17.7 Å². The molecule has 33 heavy (non-hydrogen) atoms. The molecule has 1 saturated carbocycles. The van der Waals surface area contributed by atoms with Gasteiger partial charge in [0.1, 0.15) is 17.7 Å². The SMILES string of the molecule is O=C(O)C1CCC(Oc2cnc(-c3ccc(-c4nc5ccc(Cl)cc5[nH]4)c(F)c3)cn2)CC1. The lowest BCUT2D eigenvalue weighted by molar-refractivity contribution is -0.143. The molecule has 0 saturated heterocycles. The first-order chi connectivity index (χ1) is 16.0. The van der Waals surface area contributed by atoms with Gasteiger partial charge in [0.25, 0.3) is 0 Å². The molecule has 1 fully saturated rings. The van der Waals surface area contributed by atoms with Crippen LogP contribution in [-0.4, -0.2) is 37.1 Å². The normalized spacial score (nSPS) is 18.4. The van der Waals surface area contributed by atoms with Crippen molar-refractivity contribution in [3.63, 3.8) is 0 Å². The Balaban J connectivity index is 1.29. The minimum atomic E-state index is -0.749. The predicted octanol–water partition coefficient (Wildman–Crippen LogP) is 5.50. The van der Waals surface area contributed by atoms with Crippen molar-refractivity contribution >= 4 is 28.6 Å². The largest absolute Gasteiger partial charge is 0.481 e. The lowest BCUT2D eigenvalue weighted by Gasteiger charge is -2.26. The third kappa shape index (κ3) is 4.52. The van der Waals surface area contributed by atoms with Crippen LogP contribution in [0.4, 0.5) is 4.39 Å². The van der Waals surface area contributed by atoms with E-state index in [0.29, 0.717) is 64.7 Å². The molecule has 0 radical (unpaired) electrons. The summed E-state index contributed by atoms with van der Waals surface area (Å²) in [4.78, 5) is 27.3. The van der Waals surface area contributed by atoms with Crippen LogP contribution < -0.4 is 4.74 Å². The second-order valence-corrected chi connectivity index (χ2v) is 8.55. The molecule has 0 spiro atoms. The maximum atomic E-state index is 14.9. The van der Waals surface area contributed by atoms with E-state index in [4.69, 9.17) is 21.4 Å². The fourth-order valence-electron chi connectivity index (χ4n) is 4.10. The van der Waals surface area contributed by atoms with E-state index in [2.05, 4.69) is 19.9 Å². The van der Waals surface area contributed by atoms with E-state index in [1.165, 1.54) is 18.5 Å². The summed E-state index contributed by atoms with van der Waals surface area (Å²) in [5.74, 6) is -0.691. The highest BCUT2D eigenvalue weighted by molar-refractivity contribution is 6.31. The van der Waals surface area contributed by atoms with Gasteiger partial charge in [-0.15, -0.1) is 0 Å². The van der Waals surface area contributed by atoms with Gasteiger partial charge in [-0.05, 0) is 56.0 Å². The summed E-state index contributed by atoms with van der Waals surface area (Å²) in [6, 6.07) is 10.1. The average Bonchev–Trinajstić information content (AvgIpc) is 3.22. The first-order valence-electron chi connectivity index (χ1n) is 10.6. The van der Waals surface area contributed by atoms with Gasteiger partial charge < -0.3 is 14.8 Å². The summed E-state index contributed by atoms with van der Waals surface area (Å²) in [5.41, 5.74) is 2.88. The Hall–Kier alpha value is -3.52. The van der Waals surface area contributed by atoms with Crippen molar-refractivity contribution in [2.45, 2.75) is 31.8 Å². The standard InChI is InChI=1S/C24H20ClFN4O3/c25-15-4-8-19-20(10-15)30-23(29-19)17-7-3-14(9-18(17)26)21-11-28-22(12-27-21)33-16-5-1-13(2-6-16)24(31)32/h3-4,7-13,16H,1-2,5-6H2,(H,29,30)(H,31,32). The van der Waals surface area contributed by atoms with E-state index in [1.807, 2.05) is 0 Å². The van der Waals surface area contributed by atoms with E-state index in [0.717, 1.165) is 5.52 Å². The van der Waals surface area contributed by atoms with Crippen molar-refractivity contribution in [1.82, 2.24) is 19.9 Å². The maximum Gasteiger partial charge on any atom is 0.306 e. The van der Waals surface area contributed by atoms with Crippen LogP contribution in [0.15, 0.2) is 48.8 Å². The van der Waals surface area contributed by atoms with E-state index < -0.39 is 11.8 Å². The molecule has 9 heteroatoms. The van der Waals surface area contributed by atoms with Gasteiger partial charge in [0.05, 0.1) is 40.6 Å². The number of rotatable bonds is 5. The molecule has 0 unspecified atom stereocenters. The summed E-state index contributed by atoms with van der Waals surface area (Å²) < 4.78 is 20.8. The van der Waals surface area contributed by atoms with Crippen LogP contribution in [0.1, 0.15) is 25.7 Å². The number of aliphatic carboxylic acids is 1. The summed E-state index contributed by atoms with van der Waals surface area (Å²) in [6.45, 7) is 0. The zero-order chi connectivity index (χ0) is 22.9. The molecule has 0 bridgehead atoms.